The van der Waals surface area contributed by atoms with Gasteiger partial charge < -0.3 is 19.5 Å². The molecule has 1 atom stereocenters. The third-order valence-electron chi connectivity index (χ3n) is 7.09. The number of anilines is 2. The normalized spacial score (nSPS) is 16.6. The molecule has 7 heteroatoms. The lowest BCUT2D eigenvalue weighted by Gasteiger charge is -2.27. The number of aryl methyl sites for hydroxylation is 1. The maximum atomic E-state index is 13.7. The molecule has 0 aliphatic carbocycles. The molecule has 210 valence electrons. The Labute approximate surface area is 236 Å². The predicted octanol–water partition coefficient (Wildman–Crippen LogP) is 6.61. The highest BCUT2D eigenvalue weighted by Gasteiger charge is 2.47. The van der Waals surface area contributed by atoms with Gasteiger partial charge in [-0.2, -0.15) is 0 Å². The Hall–Kier alpha value is -4.26. The van der Waals surface area contributed by atoms with Crippen molar-refractivity contribution in [2.75, 3.05) is 31.0 Å². The summed E-state index contributed by atoms with van der Waals surface area (Å²) < 4.78 is 11.5. The maximum absolute atomic E-state index is 13.7. The average molecular weight is 543 g/mol. The third-order valence-corrected chi connectivity index (χ3v) is 7.09. The van der Waals surface area contributed by atoms with Gasteiger partial charge in [0.1, 0.15) is 17.3 Å². The molecule has 0 spiro atoms. The highest BCUT2D eigenvalue weighted by molar-refractivity contribution is 6.51. The molecule has 0 saturated carbocycles. The Kier molecular flexibility index (Phi) is 8.24. The second-order valence-electron chi connectivity index (χ2n) is 10.9. The Balaban J connectivity index is 1.97. The van der Waals surface area contributed by atoms with Crippen LogP contribution in [0.1, 0.15) is 61.9 Å². The second-order valence-corrected chi connectivity index (χ2v) is 10.9. The summed E-state index contributed by atoms with van der Waals surface area (Å²) >= 11 is 0. The van der Waals surface area contributed by atoms with Gasteiger partial charge in [-0.15, -0.1) is 0 Å². The second kappa shape index (κ2) is 11.5. The lowest BCUT2D eigenvalue weighted by atomic mass is 9.91. The number of aliphatic hydroxyl groups is 1. The number of ether oxygens (including phenoxy) is 2. The van der Waals surface area contributed by atoms with E-state index in [4.69, 9.17) is 9.47 Å². The van der Waals surface area contributed by atoms with E-state index in [9.17, 15) is 14.7 Å². The highest BCUT2D eigenvalue weighted by Crippen LogP contribution is 2.44. The minimum absolute atomic E-state index is 0.0337. The van der Waals surface area contributed by atoms with E-state index in [-0.39, 0.29) is 23.4 Å². The summed E-state index contributed by atoms with van der Waals surface area (Å²) in [6.07, 6.45) is -0.0587. The molecule has 1 amide bonds. The summed E-state index contributed by atoms with van der Waals surface area (Å²) in [5.74, 6) is -0.219. The smallest absolute Gasteiger partial charge is 0.300 e. The van der Waals surface area contributed by atoms with Crippen LogP contribution in [-0.2, 0) is 9.59 Å². The Morgan fingerprint density at radius 3 is 2.23 bits per heavy atom. The van der Waals surface area contributed by atoms with Crippen LogP contribution in [0.3, 0.4) is 0 Å². The van der Waals surface area contributed by atoms with E-state index in [1.807, 2.05) is 114 Å². The Morgan fingerprint density at radius 2 is 1.65 bits per heavy atom. The molecule has 1 N–H and O–H groups in total. The zero-order valence-electron chi connectivity index (χ0n) is 24.5. The quantitative estimate of drug-likeness (QED) is 0.196. The summed E-state index contributed by atoms with van der Waals surface area (Å²) in [7, 11) is 5.48. The number of carbonyl (C=O) groups is 2. The van der Waals surface area contributed by atoms with Gasteiger partial charge in [-0.3, -0.25) is 14.5 Å². The van der Waals surface area contributed by atoms with Crippen LogP contribution >= 0.6 is 0 Å². The first kappa shape index (κ1) is 28.7. The van der Waals surface area contributed by atoms with E-state index in [0.29, 0.717) is 28.3 Å². The van der Waals surface area contributed by atoms with Gasteiger partial charge in [0.15, 0.2) is 0 Å². The number of hydrogen-bond donors (Lipinski definition) is 1. The zero-order chi connectivity index (χ0) is 29.3. The number of Topliss-reactive ketones (excluding diaryl/α,β-unsaturated/α-hetero) is 1. The van der Waals surface area contributed by atoms with Crippen molar-refractivity contribution < 1.29 is 24.2 Å². The molecular weight excluding hydrogens is 504 g/mol. The van der Waals surface area contributed by atoms with Crippen molar-refractivity contribution in [2.24, 2.45) is 0 Å². The van der Waals surface area contributed by atoms with Gasteiger partial charge in [0.05, 0.1) is 24.8 Å². The van der Waals surface area contributed by atoms with Gasteiger partial charge in [-0.05, 0) is 91.9 Å². The van der Waals surface area contributed by atoms with Crippen LogP contribution in [0.2, 0.25) is 0 Å². The van der Waals surface area contributed by atoms with E-state index >= 15 is 0 Å². The Morgan fingerprint density at radius 1 is 0.975 bits per heavy atom. The first-order valence-corrected chi connectivity index (χ1v) is 13.5. The van der Waals surface area contributed by atoms with Crippen LogP contribution in [0.15, 0.2) is 66.2 Å². The minimum Gasteiger partial charge on any atom is -0.507 e. The zero-order valence-corrected chi connectivity index (χ0v) is 24.5. The maximum Gasteiger partial charge on any atom is 0.300 e. The van der Waals surface area contributed by atoms with Crippen LogP contribution in [0, 0.1) is 6.92 Å². The van der Waals surface area contributed by atoms with Gasteiger partial charge in [0.2, 0.25) is 0 Å². The van der Waals surface area contributed by atoms with E-state index in [2.05, 4.69) is 0 Å². The summed E-state index contributed by atoms with van der Waals surface area (Å²) in [6, 6.07) is 17.6. The van der Waals surface area contributed by atoms with E-state index in [0.717, 1.165) is 16.8 Å². The first-order chi connectivity index (χ1) is 18.9. The van der Waals surface area contributed by atoms with Gasteiger partial charge >= 0.3 is 0 Å². The van der Waals surface area contributed by atoms with Gasteiger partial charge in [0, 0.05) is 31.0 Å². The van der Waals surface area contributed by atoms with Crippen LogP contribution in [0.4, 0.5) is 11.4 Å². The summed E-state index contributed by atoms with van der Waals surface area (Å²) in [4.78, 5) is 30.8. The largest absolute Gasteiger partial charge is 0.507 e. The molecule has 0 bridgehead atoms. The number of ketones is 1. The van der Waals surface area contributed by atoms with E-state index < -0.39 is 17.7 Å². The van der Waals surface area contributed by atoms with Crippen molar-refractivity contribution in [2.45, 2.75) is 52.7 Å². The first-order valence-electron chi connectivity index (χ1n) is 13.5. The third kappa shape index (κ3) is 5.41. The van der Waals surface area contributed by atoms with E-state index in [1.165, 1.54) is 4.90 Å². The molecule has 3 aromatic rings. The van der Waals surface area contributed by atoms with Gasteiger partial charge in [-0.25, -0.2) is 0 Å². The van der Waals surface area contributed by atoms with Crippen LogP contribution in [0.5, 0.6) is 11.5 Å². The van der Waals surface area contributed by atoms with Crippen molar-refractivity contribution in [1.82, 2.24) is 0 Å². The number of aliphatic hydroxyl groups excluding tert-OH is 1. The average Bonchev–Trinajstić information content (AvgIpc) is 3.17. The van der Waals surface area contributed by atoms with Crippen LogP contribution < -0.4 is 19.3 Å². The lowest BCUT2D eigenvalue weighted by molar-refractivity contribution is -0.132. The summed E-state index contributed by atoms with van der Waals surface area (Å²) in [5, 5.41) is 11.8. The fraction of sp³-hybridized carbons (Fsp3) is 0.333. The molecule has 1 saturated heterocycles. The summed E-state index contributed by atoms with van der Waals surface area (Å²) in [5.41, 5.74) is 4.32. The van der Waals surface area contributed by atoms with Crippen molar-refractivity contribution in [3.05, 3.63) is 88.5 Å². The monoisotopic (exact) mass is 542 g/mol. The van der Waals surface area contributed by atoms with Crippen molar-refractivity contribution >= 4 is 28.8 Å². The molecule has 1 aliphatic rings. The highest BCUT2D eigenvalue weighted by atomic mass is 16.5. The molecule has 1 heterocycles. The molecule has 1 unspecified atom stereocenters. The molecule has 7 nitrogen and oxygen atoms in total. The number of hydrogen-bond acceptors (Lipinski definition) is 6. The van der Waals surface area contributed by atoms with Crippen molar-refractivity contribution in [3.63, 3.8) is 0 Å². The minimum atomic E-state index is -0.857. The molecule has 0 aromatic heterocycles. The van der Waals surface area contributed by atoms with Crippen LogP contribution in [-0.4, -0.2) is 44.1 Å². The molecule has 1 aliphatic heterocycles. The van der Waals surface area contributed by atoms with Crippen molar-refractivity contribution in [3.8, 4) is 11.5 Å². The Bertz CT molecular complexity index is 1450. The van der Waals surface area contributed by atoms with E-state index in [1.54, 1.807) is 7.11 Å². The molecule has 0 radical (unpaired) electrons. The van der Waals surface area contributed by atoms with Gasteiger partial charge in [0.25, 0.3) is 11.7 Å². The number of rotatable bonds is 8. The number of methoxy groups -OCH3 is 1. The topological polar surface area (TPSA) is 79.3 Å². The SMILES string of the molecule is COc1cc(C)c(/C(O)=C2\C(=O)C(=O)N(c3ccc(N(C)C)cc3)C2c2cccc(OC(C)C)c2)cc1C(C)C. The molecule has 4 rings (SSSR count). The molecule has 3 aromatic carbocycles. The lowest BCUT2D eigenvalue weighted by Crippen LogP contribution is -2.29. The van der Waals surface area contributed by atoms with Crippen LogP contribution in [0.25, 0.3) is 5.76 Å². The molecule has 40 heavy (non-hydrogen) atoms. The number of carbonyl (C=O) groups excluding carboxylic acids is 2. The number of amides is 1. The fourth-order valence-electron chi connectivity index (χ4n) is 5.08. The molecular formula is C33H38N2O5. The fourth-order valence-corrected chi connectivity index (χ4v) is 5.08. The summed E-state index contributed by atoms with van der Waals surface area (Å²) in [6.45, 7) is 9.79. The number of benzene rings is 3. The standard InChI is InChI=1S/C33H38N2O5/c1-19(2)26-18-27(21(5)16-28(26)39-8)31(36)29-30(22-10-9-11-25(17-22)40-20(3)4)35(33(38)32(29)37)24-14-12-23(13-15-24)34(6)7/h9-20,30,36H,1-8H3/b31-29+. The van der Waals surface area contributed by atoms with Gasteiger partial charge in [-0.1, -0.05) is 26.0 Å². The molecule has 1 fully saturated rings. The van der Waals surface area contributed by atoms with Crippen molar-refractivity contribution in [1.29, 1.82) is 0 Å². The predicted molar refractivity (Wildman–Crippen MR) is 160 cm³/mol. The number of nitrogens with zero attached hydrogens (tertiary/aromatic N) is 2.